The molecule has 0 bridgehead atoms. The topological polar surface area (TPSA) is 61.5 Å². The van der Waals surface area contributed by atoms with E-state index < -0.39 is 0 Å². The van der Waals surface area contributed by atoms with Crippen molar-refractivity contribution in [3.05, 3.63) is 0 Å². The van der Waals surface area contributed by atoms with Crippen LogP contribution in [0.5, 0.6) is 0 Å². The highest BCUT2D eigenvalue weighted by Gasteiger charge is 2.29. The van der Waals surface area contributed by atoms with Gasteiger partial charge in [0.2, 0.25) is 0 Å². The van der Waals surface area contributed by atoms with Crippen molar-refractivity contribution >= 4 is 11.9 Å². The van der Waals surface area contributed by atoms with Gasteiger partial charge in [-0.15, -0.1) is 0 Å². The van der Waals surface area contributed by atoms with Gasteiger partial charge in [-0.1, -0.05) is 0 Å². The molecule has 2 atom stereocenters. The second-order valence-corrected chi connectivity index (χ2v) is 6.21. The predicted octanol–water partition coefficient (Wildman–Crippen LogP) is -1.83. The van der Waals surface area contributed by atoms with E-state index in [-0.39, 0.29) is 23.8 Å². The van der Waals surface area contributed by atoms with Crippen LogP contribution >= 0.6 is 0 Å². The van der Waals surface area contributed by atoms with Gasteiger partial charge >= 0.3 is 11.9 Å². The summed E-state index contributed by atoms with van der Waals surface area (Å²) in [4.78, 5) is 26.2. The molecule has 128 valence electrons. The highest BCUT2D eigenvalue weighted by Crippen LogP contribution is 1.96. The number of quaternary nitrogens is 2. The van der Waals surface area contributed by atoms with Crippen LogP contribution < -0.4 is 9.80 Å². The zero-order chi connectivity index (χ0) is 16.5. The van der Waals surface area contributed by atoms with E-state index in [9.17, 15) is 9.59 Å². The molecule has 0 unspecified atom stereocenters. The van der Waals surface area contributed by atoms with Gasteiger partial charge in [0.1, 0.15) is 38.0 Å². The Balaban J connectivity index is 2.28. The number of rotatable bonds is 8. The normalized spacial score (nSPS) is 24.4. The number of carbonyl (C=O) groups is 2. The lowest BCUT2D eigenvalue weighted by molar-refractivity contribution is -1.01. The summed E-state index contributed by atoms with van der Waals surface area (Å²) in [6.07, 6.45) is 0. The quantitative estimate of drug-likeness (QED) is 0.517. The maximum atomic E-state index is 11.7. The van der Waals surface area contributed by atoms with Crippen molar-refractivity contribution in [2.75, 3.05) is 52.5 Å². The third kappa shape index (κ3) is 6.32. The van der Waals surface area contributed by atoms with E-state index in [1.165, 1.54) is 9.80 Å². The van der Waals surface area contributed by atoms with Crippen LogP contribution in [-0.2, 0) is 19.1 Å². The molecule has 0 aromatic rings. The Morgan fingerprint density at radius 2 is 1.14 bits per heavy atom. The average molecular weight is 316 g/mol. The van der Waals surface area contributed by atoms with Crippen molar-refractivity contribution in [3.63, 3.8) is 0 Å². The molecule has 1 rings (SSSR count). The molecule has 1 heterocycles. The molecule has 0 saturated carbocycles. The summed E-state index contributed by atoms with van der Waals surface area (Å²) in [6, 6.07) is 0. The molecule has 6 heteroatoms. The van der Waals surface area contributed by atoms with Crippen LogP contribution in [0.4, 0.5) is 0 Å². The van der Waals surface area contributed by atoms with Crippen molar-refractivity contribution in [2.45, 2.75) is 27.7 Å². The Labute approximate surface area is 133 Å². The molecule has 2 N–H and O–H groups in total. The SMILES string of the molecule is CCOC(=O)[C@H](C)C[NH+]1CC[NH+](C[C@H](C)C(=O)OCC)CC1. The van der Waals surface area contributed by atoms with Gasteiger partial charge in [0, 0.05) is 0 Å². The summed E-state index contributed by atoms with van der Waals surface area (Å²) >= 11 is 0. The van der Waals surface area contributed by atoms with Gasteiger partial charge in [-0.05, 0) is 27.7 Å². The van der Waals surface area contributed by atoms with E-state index in [4.69, 9.17) is 9.47 Å². The van der Waals surface area contributed by atoms with E-state index in [0.29, 0.717) is 13.2 Å². The first-order chi connectivity index (χ1) is 10.5. The molecular formula is C16H32N2O4+2. The zero-order valence-corrected chi connectivity index (χ0v) is 14.4. The number of hydrogen-bond donors (Lipinski definition) is 2. The minimum Gasteiger partial charge on any atom is -0.466 e. The van der Waals surface area contributed by atoms with Crippen molar-refractivity contribution in [3.8, 4) is 0 Å². The van der Waals surface area contributed by atoms with Crippen molar-refractivity contribution < 1.29 is 28.9 Å². The van der Waals surface area contributed by atoms with Gasteiger partial charge in [-0.3, -0.25) is 9.59 Å². The molecule has 1 aliphatic rings. The first-order valence-electron chi connectivity index (χ1n) is 8.48. The van der Waals surface area contributed by atoms with Crippen molar-refractivity contribution in [2.24, 2.45) is 11.8 Å². The van der Waals surface area contributed by atoms with Crippen LogP contribution in [0.3, 0.4) is 0 Å². The fourth-order valence-corrected chi connectivity index (χ4v) is 2.97. The summed E-state index contributed by atoms with van der Waals surface area (Å²) in [5.41, 5.74) is 0. The minimum absolute atomic E-state index is 0.0463. The van der Waals surface area contributed by atoms with E-state index in [0.717, 1.165) is 39.3 Å². The number of piperazine rings is 1. The van der Waals surface area contributed by atoms with Crippen LogP contribution in [0.2, 0.25) is 0 Å². The molecule has 0 spiro atoms. The van der Waals surface area contributed by atoms with E-state index >= 15 is 0 Å². The average Bonchev–Trinajstić information content (AvgIpc) is 2.49. The molecule has 1 aliphatic heterocycles. The number of ether oxygens (including phenoxy) is 2. The summed E-state index contributed by atoms with van der Waals surface area (Å²) < 4.78 is 10.1. The van der Waals surface area contributed by atoms with E-state index in [1.54, 1.807) is 0 Å². The smallest absolute Gasteiger partial charge is 0.314 e. The Hall–Kier alpha value is -1.14. The molecule has 0 amide bonds. The van der Waals surface area contributed by atoms with Gasteiger partial charge in [0.05, 0.1) is 26.3 Å². The molecule has 6 nitrogen and oxygen atoms in total. The van der Waals surface area contributed by atoms with E-state index in [1.807, 2.05) is 27.7 Å². The first-order valence-corrected chi connectivity index (χ1v) is 8.48. The number of hydrogen-bond acceptors (Lipinski definition) is 4. The Morgan fingerprint density at radius 3 is 1.41 bits per heavy atom. The monoisotopic (exact) mass is 316 g/mol. The summed E-state index contributed by atoms with van der Waals surface area (Å²) in [6.45, 7) is 14.3. The van der Waals surface area contributed by atoms with Crippen molar-refractivity contribution in [1.29, 1.82) is 0 Å². The fraction of sp³-hybridized carbons (Fsp3) is 0.875. The van der Waals surface area contributed by atoms with Crippen LogP contribution in [-0.4, -0.2) is 64.4 Å². The Bertz CT molecular complexity index is 320. The molecule has 0 aromatic carbocycles. The first kappa shape index (κ1) is 18.9. The van der Waals surface area contributed by atoms with E-state index in [2.05, 4.69) is 0 Å². The Kier molecular flexibility index (Phi) is 8.42. The van der Waals surface area contributed by atoms with Gasteiger partial charge in [-0.2, -0.15) is 0 Å². The maximum absolute atomic E-state index is 11.7. The number of esters is 2. The summed E-state index contributed by atoms with van der Waals surface area (Å²) in [5.74, 6) is -0.286. The van der Waals surface area contributed by atoms with Crippen LogP contribution in [0.1, 0.15) is 27.7 Å². The molecule has 0 aromatic heterocycles. The van der Waals surface area contributed by atoms with Gasteiger partial charge in [0.25, 0.3) is 0 Å². The molecular weight excluding hydrogens is 284 g/mol. The third-order valence-electron chi connectivity index (χ3n) is 4.23. The lowest BCUT2D eigenvalue weighted by Crippen LogP contribution is -3.28. The molecule has 1 saturated heterocycles. The lowest BCUT2D eigenvalue weighted by atomic mass is 10.1. The van der Waals surface area contributed by atoms with Crippen molar-refractivity contribution in [1.82, 2.24) is 0 Å². The molecule has 1 fully saturated rings. The maximum Gasteiger partial charge on any atom is 0.314 e. The fourth-order valence-electron chi connectivity index (χ4n) is 2.97. The molecule has 0 radical (unpaired) electrons. The second-order valence-electron chi connectivity index (χ2n) is 6.21. The summed E-state index contributed by atoms with van der Waals surface area (Å²) in [7, 11) is 0. The Morgan fingerprint density at radius 1 is 0.818 bits per heavy atom. The highest BCUT2D eigenvalue weighted by atomic mass is 16.5. The highest BCUT2D eigenvalue weighted by molar-refractivity contribution is 5.72. The molecule has 22 heavy (non-hydrogen) atoms. The predicted molar refractivity (Wildman–Crippen MR) is 82.7 cm³/mol. The van der Waals surface area contributed by atoms with Gasteiger partial charge < -0.3 is 19.3 Å². The molecule has 0 aliphatic carbocycles. The second kappa shape index (κ2) is 9.79. The van der Waals surface area contributed by atoms with Gasteiger partial charge in [-0.25, -0.2) is 0 Å². The minimum atomic E-state index is -0.0966. The largest absolute Gasteiger partial charge is 0.466 e. The summed E-state index contributed by atoms with van der Waals surface area (Å²) in [5, 5.41) is 0. The van der Waals surface area contributed by atoms with Crippen LogP contribution in [0, 0.1) is 11.8 Å². The number of carbonyl (C=O) groups excluding carboxylic acids is 2. The standard InChI is InChI=1S/C16H30N2O4/c1-5-21-15(19)13(3)11-17-7-9-18(10-8-17)12-14(4)16(20)22-6-2/h13-14H,5-12H2,1-4H3/p+2/t13-,14+. The number of nitrogens with one attached hydrogen (secondary N) is 2. The van der Waals surface area contributed by atoms with Gasteiger partial charge in [0.15, 0.2) is 0 Å². The lowest BCUT2D eigenvalue weighted by Gasteiger charge is -2.31. The zero-order valence-electron chi connectivity index (χ0n) is 14.4. The van der Waals surface area contributed by atoms with Crippen LogP contribution in [0.15, 0.2) is 0 Å². The van der Waals surface area contributed by atoms with Crippen LogP contribution in [0.25, 0.3) is 0 Å². The third-order valence-corrected chi connectivity index (χ3v) is 4.23.